The number of hydrogen-bond donors (Lipinski definition) is 0. The molecule has 0 aliphatic carbocycles. The zero-order chi connectivity index (χ0) is 20.7. The monoisotopic (exact) mass is 498 g/mol. The maximum absolute atomic E-state index is 12.4. The highest BCUT2D eigenvalue weighted by Crippen LogP contribution is 2.40. The first-order chi connectivity index (χ1) is 13.4. The van der Waals surface area contributed by atoms with E-state index in [1.54, 1.807) is 39.3 Å². The number of esters is 2. The molecule has 0 aromatic heterocycles. The standard InChI is InChI=1S/C21H23IO6/c1-5-27-21(24)12-16(17-10-14(25-3)6-8-19(17)22)18-11-15(26-4)7-9-20(18)28-13(2)23/h6-11,16H,5,12H2,1-4H3/t16-/m1/s1. The molecule has 1 atom stereocenters. The van der Waals surface area contributed by atoms with Crippen LogP contribution in [0.4, 0.5) is 0 Å². The van der Waals surface area contributed by atoms with Gasteiger partial charge in [0, 0.05) is 22.0 Å². The molecule has 0 N–H and O–H groups in total. The van der Waals surface area contributed by atoms with E-state index in [1.807, 2.05) is 18.2 Å². The average Bonchev–Trinajstić information content (AvgIpc) is 2.67. The van der Waals surface area contributed by atoms with Crippen molar-refractivity contribution in [1.82, 2.24) is 0 Å². The topological polar surface area (TPSA) is 71.1 Å². The van der Waals surface area contributed by atoms with Crippen LogP contribution in [0.3, 0.4) is 0 Å². The molecule has 7 heteroatoms. The Bertz CT molecular complexity index is 849. The summed E-state index contributed by atoms with van der Waals surface area (Å²) in [6.07, 6.45) is 0.0818. The van der Waals surface area contributed by atoms with Crippen molar-refractivity contribution >= 4 is 34.5 Å². The lowest BCUT2D eigenvalue weighted by atomic mass is 9.87. The maximum Gasteiger partial charge on any atom is 0.308 e. The fourth-order valence-corrected chi connectivity index (χ4v) is 3.57. The first-order valence-electron chi connectivity index (χ1n) is 8.75. The molecule has 0 saturated carbocycles. The summed E-state index contributed by atoms with van der Waals surface area (Å²) in [4.78, 5) is 24.0. The summed E-state index contributed by atoms with van der Waals surface area (Å²) in [5, 5.41) is 0. The van der Waals surface area contributed by atoms with E-state index in [2.05, 4.69) is 22.6 Å². The molecule has 0 spiro atoms. The number of hydrogen-bond acceptors (Lipinski definition) is 6. The second-order valence-corrected chi connectivity index (χ2v) is 7.11. The molecule has 0 amide bonds. The van der Waals surface area contributed by atoms with Crippen molar-refractivity contribution in [3.05, 3.63) is 51.1 Å². The molecule has 0 aliphatic rings. The number of benzene rings is 2. The Morgan fingerprint density at radius 2 is 1.61 bits per heavy atom. The van der Waals surface area contributed by atoms with Crippen LogP contribution in [0.1, 0.15) is 37.3 Å². The van der Waals surface area contributed by atoms with Gasteiger partial charge in [-0.1, -0.05) is 0 Å². The third-order valence-electron chi connectivity index (χ3n) is 4.10. The van der Waals surface area contributed by atoms with Crippen molar-refractivity contribution in [3.8, 4) is 17.2 Å². The quantitative estimate of drug-likeness (QED) is 0.307. The van der Waals surface area contributed by atoms with Crippen molar-refractivity contribution < 1.29 is 28.5 Å². The summed E-state index contributed by atoms with van der Waals surface area (Å²) < 4.78 is 22.2. The molecule has 2 aromatic rings. The van der Waals surface area contributed by atoms with Gasteiger partial charge in [-0.2, -0.15) is 0 Å². The molecular formula is C21H23IO6. The van der Waals surface area contributed by atoms with Crippen LogP contribution in [0.5, 0.6) is 17.2 Å². The van der Waals surface area contributed by atoms with Crippen LogP contribution in [0.25, 0.3) is 0 Å². The summed E-state index contributed by atoms with van der Waals surface area (Å²) >= 11 is 2.21. The third kappa shape index (κ3) is 5.60. The van der Waals surface area contributed by atoms with Gasteiger partial charge in [0.1, 0.15) is 17.2 Å². The molecule has 0 aliphatic heterocycles. The largest absolute Gasteiger partial charge is 0.497 e. The van der Waals surface area contributed by atoms with E-state index in [-0.39, 0.29) is 19.0 Å². The van der Waals surface area contributed by atoms with Crippen LogP contribution in [-0.2, 0) is 14.3 Å². The van der Waals surface area contributed by atoms with Crippen LogP contribution in [0.15, 0.2) is 36.4 Å². The molecule has 0 unspecified atom stereocenters. The molecule has 0 saturated heterocycles. The lowest BCUT2D eigenvalue weighted by molar-refractivity contribution is -0.143. The SMILES string of the molecule is CCOC(=O)C[C@H](c1cc(OC)ccc1I)c1cc(OC)ccc1OC(C)=O. The van der Waals surface area contributed by atoms with E-state index in [0.717, 1.165) is 9.13 Å². The average molecular weight is 498 g/mol. The lowest BCUT2D eigenvalue weighted by Crippen LogP contribution is -2.15. The van der Waals surface area contributed by atoms with Gasteiger partial charge in [0.15, 0.2) is 0 Å². The summed E-state index contributed by atoms with van der Waals surface area (Å²) in [7, 11) is 3.14. The Balaban J connectivity index is 2.65. The van der Waals surface area contributed by atoms with Crippen LogP contribution in [-0.4, -0.2) is 32.8 Å². The fourth-order valence-electron chi connectivity index (χ4n) is 2.86. The zero-order valence-electron chi connectivity index (χ0n) is 16.3. The Kier molecular flexibility index (Phi) is 8.10. The van der Waals surface area contributed by atoms with Gasteiger partial charge in [0.05, 0.1) is 27.2 Å². The minimum absolute atomic E-state index is 0.0818. The molecule has 2 rings (SSSR count). The highest BCUT2D eigenvalue weighted by atomic mass is 127. The summed E-state index contributed by atoms with van der Waals surface area (Å²) in [6, 6.07) is 10.8. The van der Waals surface area contributed by atoms with E-state index >= 15 is 0 Å². The second kappa shape index (κ2) is 10.3. The molecule has 0 fully saturated rings. The Morgan fingerprint density at radius 3 is 2.18 bits per heavy atom. The van der Waals surface area contributed by atoms with Gasteiger partial charge >= 0.3 is 11.9 Å². The molecular weight excluding hydrogens is 475 g/mol. The molecule has 28 heavy (non-hydrogen) atoms. The van der Waals surface area contributed by atoms with E-state index < -0.39 is 11.9 Å². The number of ether oxygens (including phenoxy) is 4. The number of carbonyl (C=O) groups excluding carboxylic acids is 2. The van der Waals surface area contributed by atoms with Crippen molar-refractivity contribution in [2.24, 2.45) is 0 Å². The molecule has 2 aromatic carbocycles. The summed E-state index contributed by atoms with van der Waals surface area (Å²) in [6.45, 7) is 3.39. The predicted octanol–water partition coefficient (Wildman–Crippen LogP) is 4.32. The Morgan fingerprint density at radius 1 is 1.00 bits per heavy atom. The minimum Gasteiger partial charge on any atom is -0.497 e. The normalized spacial score (nSPS) is 11.5. The third-order valence-corrected chi connectivity index (χ3v) is 5.08. The van der Waals surface area contributed by atoms with Crippen molar-refractivity contribution in [2.75, 3.05) is 20.8 Å². The number of halogens is 1. The van der Waals surface area contributed by atoms with E-state index in [1.165, 1.54) is 6.92 Å². The number of rotatable bonds is 8. The van der Waals surface area contributed by atoms with E-state index in [9.17, 15) is 9.59 Å². The van der Waals surface area contributed by atoms with Crippen LogP contribution in [0.2, 0.25) is 0 Å². The van der Waals surface area contributed by atoms with Gasteiger partial charge in [0.2, 0.25) is 0 Å². The highest BCUT2D eigenvalue weighted by Gasteiger charge is 2.26. The fraction of sp³-hybridized carbons (Fsp3) is 0.333. The van der Waals surface area contributed by atoms with Crippen molar-refractivity contribution in [2.45, 2.75) is 26.2 Å². The summed E-state index contributed by atoms with van der Waals surface area (Å²) in [5.74, 6) is 0.440. The maximum atomic E-state index is 12.4. The van der Waals surface area contributed by atoms with Gasteiger partial charge < -0.3 is 18.9 Å². The van der Waals surface area contributed by atoms with Gasteiger partial charge in [-0.25, -0.2) is 0 Å². The van der Waals surface area contributed by atoms with Crippen LogP contribution in [0, 0.1) is 3.57 Å². The number of carbonyl (C=O) groups is 2. The second-order valence-electron chi connectivity index (χ2n) is 5.95. The first-order valence-corrected chi connectivity index (χ1v) is 9.82. The van der Waals surface area contributed by atoms with Crippen LogP contribution < -0.4 is 14.2 Å². The van der Waals surface area contributed by atoms with Crippen molar-refractivity contribution in [1.29, 1.82) is 0 Å². The van der Waals surface area contributed by atoms with Gasteiger partial charge in [-0.15, -0.1) is 0 Å². The Labute approximate surface area is 178 Å². The molecule has 0 heterocycles. The predicted molar refractivity (Wildman–Crippen MR) is 113 cm³/mol. The highest BCUT2D eigenvalue weighted by molar-refractivity contribution is 14.1. The van der Waals surface area contributed by atoms with E-state index in [0.29, 0.717) is 22.8 Å². The minimum atomic E-state index is -0.443. The van der Waals surface area contributed by atoms with Gasteiger partial charge in [-0.05, 0) is 71.5 Å². The smallest absolute Gasteiger partial charge is 0.308 e. The zero-order valence-corrected chi connectivity index (χ0v) is 18.4. The summed E-state index contributed by atoms with van der Waals surface area (Å²) in [5.41, 5.74) is 1.53. The van der Waals surface area contributed by atoms with E-state index in [4.69, 9.17) is 18.9 Å². The van der Waals surface area contributed by atoms with Gasteiger partial charge in [-0.3, -0.25) is 9.59 Å². The van der Waals surface area contributed by atoms with Gasteiger partial charge in [0.25, 0.3) is 0 Å². The Hall–Kier alpha value is -2.29. The number of methoxy groups -OCH3 is 2. The van der Waals surface area contributed by atoms with Crippen molar-refractivity contribution in [3.63, 3.8) is 0 Å². The van der Waals surface area contributed by atoms with Crippen LogP contribution >= 0.6 is 22.6 Å². The lowest BCUT2D eigenvalue weighted by Gasteiger charge is -2.22. The molecule has 150 valence electrons. The molecule has 6 nitrogen and oxygen atoms in total. The first kappa shape index (κ1) is 22.0. The molecule has 0 radical (unpaired) electrons. The molecule has 0 bridgehead atoms.